The van der Waals surface area contributed by atoms with Crippen molar-refractivity contribution in [2.45, 2.75) is 0 Å². The van der Waals surface area contributed by atoms with Crippen LogP contribution in [0, 0.1) is 0 Å². The van der Waals surface area contributed by atoms with Crippen LogP contribution in [0.3, 0.4) is 0 Å². The van der Waals surface area contributed by atoms with Crippen molar-refractivity contribution in [1.29, 1.82) is 0 Å². The van der Waals surface area contributed by atoms with Gasteiger partial charge in [0.2, 0.25) is 0 Å². The molecule has 0 unspecified atom stereocenters. The van der Waals surface area contributed by atoms with E-state index in [4.69, 9.17) is 5.73 Å². The van der Waals surface area contributed by atoms with E-state index in [9.17, 15) is 0 Å². The van der Waals surface area contributed by atoms with Gasteiger partial charge in [0, 0.05) is 11.9 Å². The summed E-state index contributed by atoms with van der Waals surface area (Å²) in [6.45, 7) is 0.907. The summed E-state index contributed by atoms with van der Waals surface area (Å²) in [5.74, 6) is 0. The first-order valence-electron chi connectivity index (χ1n) is 3.90. The van der Waals surface area contributed by atoms with Gasteiger partial charge in [-0.05, 0) is 30.3 Å². The standard InChI is InChI=1S/C9H11N3/c10-8-2-4-9(5-3-8)12-7-1-6-11-12/h1-6,11H,7,10H2. The first kappa shape index (κ1) is 7.03. The third kappa shape index (κ3) is 1.21. The van der Waals surface area contributed by atoms with Crippen molar-refractivity contribution in [3.05, 3.63) is 36.5 Å². The Balaban J connectivity index is 2.18. The van der Waals surface area contributed by atoms with E-state index in [2.05, 4.69) is 11.5 Å². The van der Waals surface area contributed by atoms with Crippen LogP contribution in [0.15, 0.2) is 36.5 Å². The van der Waals surface area contributed by atoms with Crippen molar-refractivity contribution in [3.63, 3.8) is 0 Å². The fourth-order valence-electron chi connectivity index (χ4n) is 1.19. The molecule has 3 heteroatoms. The average molecular weight is 161 g/mol. The van der Waals surface area contributed by atoms with Gasteiger partial charge in [-0.15, -0.1) is 0 Å². The zero-order valence-electron chi connectivity index (χ0n) is 6.70. The number of hydrogen-bond donors (Lipinski definition) is 2. The van der Waals surface area contributed by atoms with Crippen molar-refractivity contribution in [1.82, 2.24) is 5.43 Å². The topological polar surface area (TPSA) is 41.3 Å². The zero-order chi connectivity index (χ0) is 8.39. The second kappa shape index (κ2) is 2.77. The Morgan fingerprint density at radius 1 is 1.25 bits per heavy atom. The molecule has 0 amide bonds. The van der Waals surface area contributed by atoms with Crippen molar-refractivity contribution in [2.24, 2.45) is 0 Å². The Bertz CT molecular complexity index is 281. The lowest BCUT2D eigenvalue weighted by Crippen LogP contribution is -2.29. The number of nitrogen functional groups attached to an aromatic ring is 1. The lowest BCUT2D eigenvalue weighted by Gasteiger charge is -2.18. The highest BCUT2D eigenvalue weighted by Crippen LogP contribution is 2.15. The molecule has 1 aliphatic rings. The minimum atomic E-state index is 0.797. The summed E-state index contributed by atoms with van der Waals surface area (Å²) in [6.07, 6.45) is 3.99. The minimum Gasteiger partial charge on any atom is -0.399 e. The molecule has 0 saturated heterocycles. The van der Waals surface area contributed by atoms with Crippen LogP contribution in [0.1, 0.15) is 0 Å². The Labute approximate surface area is 71.5 Å². The van der Waals surface area contributed by atoms with Crippen LogP contribution in [0.5, 0.6) is 0 Å². The van der Waals surface area contributed by atoms with Crippen LogP contribution in [0.2, 0.25) is 0 Å². The molecule has 1 heterocycles. The third-order valence-electron chi connectivity index (χ3n) is 1.84. The molecular formula is C9H11N3. The maximum absolute atomic E-state index is 5.57. The van der Waals surface area contributed by atoms with E-state index in [1.54, 1.807) is 0 Å². The summed E-state index contributed by atoms with van der Waals surface area (Å²) in [7, 11) is 0. The first-order chi connectivity index (χ1) is 5.86. The van der Waals surface area contributed by atoms with Gasteiger partial charge in [-0.3, -0.25) is 5.01 Å². The predicted molar refractivity (Wildman–Crippen MR) is 50.5 cm³/mol. The number of nitrogens with two attached hydrogens (primary N) is 1. The molecule has 0 saturated carbocycles. The molecule has 1 aliphatic heterocycles. The SMILES string of the molecule is Nc1ccc(N2CC=CN2)cc1. The van der Waals surface area contributed by atoms with Crippen molar-refractivity contribution >= 4 is 11.4 Å². The highest BCUT2D eigenvalue weighted by atomic mass is 15.5. The van der Waals surface area contributed by atoms with E-state index in [-0.39, 0.29) is 0 Å². The van der Waals surface area contributed by atoms with E-state index in [0.29, 0.717) is 0 Å². The maximum atomic E-state index is 5.57. The van der Waals surface area contributed by atoms with E-state index in [1.807, 2.05) is 35.5 Å². The molecule has 0 fully saturated rings. The van der Waals surface area contributed by atoms with Crippen LogP contribution in [-0.2, 0) is 0 Å². The lowest BCUT2D eigenvalue weighted by atomic mass is 10.3. The minimum absolute atomic E-state index is 0.797. The highest BCUT2D eigenvalue weighted by molar-refractivity contribution is 5.53. The molecule has 1 aromatic rings. The van der Waals surface area contributed by atoms with Crippen molar-refractivity contribution in [2.75, 3.05) is 17.3 Å². The summed E-state index contributed by atoms with van der Waals surface area (Å²) < 4.78 is 0. The lowest BCUT2D eigenvalue weighted by molar-refractivity contribution is 0.840. The Hall–Kier alpha value is -1.64. The molecule has 2 rings (SSSR count). The van der Waals surface area contributed by atoms with Gasteiger partial charge >= 0.3 is 0 Å². The predicted octanol–water partition coefficient (Wildman–Crippen LogP) is 1.11. The van der Waals surface area contributed by atoms with E-state index >= 15 is 0 Å². The van der Waals surface area contributed by atoms with Gasteiger partial charge in [-0.25, -0.2) is 0 Å². The monoisotopic (exact) mass is 161 g/mol. The molecule has 0 radical (unpaired) electrons. The summed E-state index contributed by atoms with van der Waals surface area (Å²) in [5.41, 5.74) is 10.6. The molecule has 1 aromatic carbocycles. The number of hydrazine groups is 1. The van der Waals surface area contributed by atoms with E-state index in [1.165, 1.54) is 0 Å². The van der Waals surface area contributed by atoms with Gasteiger partial charge in [-0.2, -0.15) is 0 Å². The molecular weight excluding hydrogens is 150 g/mol. The van der Waals surface area contributed by atoms with Crippen LogP contribution in [0.25, 0.3) is 0 Å². The fraction of sp³-hybridized carbons (Fsp3) is 0.111. The molecule has 0 atom stereocenters. The normalized spacial score (nSPS) is 14.8. The van der Waals surface area contributed by atoms with Crippen LogP contribution in [-0.4, -0.2) is 6.54 Å². The summed E-state index contributed by atoms with van der Waals surface area (Å²) >= 11 is 0. The Morgan fingerprint density at radius 3 is 2.58 bits per heavy atom. The zero-order valence-corrected chi connectivity index (χ0v) is 6.70. The molecule has 0 aromatic heterocycles. The second-order valence-electron chi connectivity index (χ2n) is 2.73. The molecule has 0 bridgehead atoms. The van der Waals surface area contributed by atoms with Crippen molar-refractivity contribution in [3.8, 4) is 0 Å². The average Bonchev–Trinajstić information content (AvgIpc) is 2.58. The summed E-state index contributed by atoms with van der Waals surface area (Å²) in [6, 6.07) is 7.79. The Kier molecular flexibility index (Phi) is 1.63. The smallest absolute Gasteiger partial charge is 0.0592 e. The van der Waals surface area contributed by atoms with Crippen LogP contribution in [0.4, 0.5) is 11.4 Å². The third-order valence-corrected chi connectivity index (χ3v) is 1.84. The first-order valence-corrected chi connectivity index (χ1v) is 3.90. The molecule has 0 aliphatic carbocycles. The van der Waals surface area contributed by atoms with Gasteiger partial charge < -0.3 is 11.2 Å². The molecule has 12 heavy (non-hydrogen) atoms. The fourth-order valence-corrected chi connectivity index (χ4v) is 1.19. The van der Waals surface area contributed by atoms with E-state index < -0.39 is 0 Å². The van der Waals surface area contributed by atoms with Gasteiger partial charge in [0.25, 0.3) is 0 Å². The molecule has 62 valence electrons. The molecule has 0 spiro atoms. The largest absolute Gasteiger partial charge is 0.399 e. The van der Waals surface area contributed by atoms with Crippen LogP contribution >= 0.6 is 0 Å². The number of nitrogens with one attached hydrogen (secondary N) is 1. The van der Waals surface area contributed by atoms with Crippen molar-refractivity contribution < 1.29 is 0 Å². The van der Waals surface area contributed by atoms with Gasteiger partial charge in [0.1, 0.15) is 0 Å². The van der Waals surface area contributed by atoms with Crippen LogP contribution < -0.4 is 16.2 Å². The van der Waals surface area contributed by atoms with Gasteiger partial charge in [-0.1, -0.05) is 0 Å². The molecule has 3 N–H and O–H groups in total. The number of benzene rings is 1. The number of anilines is 2. The number of nitrogens with zero attached hydrogens (tertiary/aromatic N) is 1. The summed E-state index contributed by atoms with van der Waals surface area (Å²) in [5, 5.41) is 2.04. The highest BCUT2D eigenvalue weighted by Gasteiger charge is 2.05. The maximum Gasteiger partial charge on any atom is 0.0592 e. The van der Waals surface area contributed by atoms with Gasteiger partial charge in [0.15, 0.2) is 0 Å². The number of hydrogen-bond acceptors (Lipinski definition) is 3. The molecule has 3 nitrogen and oxygen atoms in total. The summed E-state index contributed by atoms with van der Waals surface area (Å²) in [4.78, 5) is 0. The van der Waals surface area contributed by atoms with E-state index in [0.717, 1.165) is 17.9 Å². The quantitative estimate of drug-likeness (QED) is 0.606. The van der Waals surface area contributed by atoms with Gasteiger partial charge in [0.05, 0.1) is 12.2 Å². The Morgan fingerprint density at radius 2 is 2.00 bits per heavy atom. The number of rotatable bonds is 1. The second-order valence-corrected chi connectivity index (χ2v) is 2.73.